The summed E-state index contributed by atoms with van der Waals surface area (Å²) in [6, 6.07) is 6.89. The van der Waals surface area contributed by atoms with E-state index in [1.54, 1.807) is 24.3 Å². The highest BCUT2D eigenvalue weighted by atomic mass is 16.5. The Morgan fingerprint density at radius 1 is 1.47 bits per heavy atom. The first-order chi connectivity index (χ1) is 8.24. The Balaban J connectivity index is 1.98. The van der Waals surface area contributed by atoms with Gasteiger partial charge in [0.05, 0.1) is 6.42 Å². The van der Waals surface area contributed by atoms with Crippen LogP contribution in [0.3, 0.4) is 0 Å². The molecule has 0 unspecified atom stereocenters. The molecule has 0 saturated carbocycles. The van der Waals surface area contributed by atoms with Crippen LogP contribution in [0.2, 0.25) is 0 Å². The number of aromatic nitrogens is 2. The van der Waals surface area contributed by atoms with Gasteiger partial charge in [0, 0.05) is 0 Å². The molecule has 0 aliphatic rings. The number of hydrogen-bond donors (Lipinski definition) is 1. The third-order valence-corrected chi connectivity index (χ3v) is 2.03. The van der Waals surface area contributed by atoms with Crippen molar-refractivity contribution in [1.29, 1.82) is 0 Å². The summed E-state index contributed by atoms with van der Waals surface area (Å²) in [6.45, 7) is 0.188. The van der Waals surface area contributed by atoms with E-state index in [9.17, 15) is 4.79 Å². The van der Waals surface area contributed by atoms with Crippen LogP contribution in [0.1, 0.15) is 11.4 Å². The first-order valence-corrected chi connectivity index (χ1v) is 4.93. The summed E-state index contributed by atoms with van der Waals surface area (Å²) < 4.78 is 9.96. The monoisotopic (exact) mass is 234 g/mol. The van der Waals surface area contributed by atoms with Gasteiger partial charge in [0.1, 0.15) is 5.75 Å². The molecule has 6 heteroatoms. The lowest BCUT2D eigenvalue weighted by atomic mass is 10.1. The smallest absolute Gasteiger partial charge is 0.307 e. The van der Waals surface area contributed by atoms with E-state index in [2.05, 4.69) is 14.7 Å². The first kappa shape index (κ1) is 11.1. The van der Waals surface area contributed by atoms with Gasteiger partial charge in [-0.2, -0.15) is 4.98 Å². The topological polar surface area (TPSA) is 85.5 Å². The molecule has 6 nitrogen and oxygen atoms in total. The van der Waals surface area contributed by atoms with Gasteiger partial charge in [-0.1, -0.05) is 17.3 Å². The number of aliphatic carboxylic acids is 1. The molecule has 88 valence electrons. The predicted octanol–water partition coefficient (Wildman–Crippen LogP) is 1.28. The average molecular weight is 234 g/mol. The molecule has 0 aliphatic carbocycles. The number of hydrogen-bond acceptors (Lipinski definition) is 5. The largest absolute Gasteiger partial charge is 0.485 e. The summed E-state index contributed by atoms with van der Waals surface area (Å²) in [5.74, 6) is 0.141. The predicted molar refractivity (Wildman–Crippen MR) is 56.4 cm³/mol. The maximum absolute atomic E-state index is 10.6. The number of carbonyl (C=O) groups is 1. The third kappa shape index (κ3) is 3.30. The van der Waals surface area contributed by atoms with Crippen molar-refractivity contribution in [3.63, 3.8) is 0 Å². The number of benzene rings is 1. The van der Waals surface area contributed by atoms with Gasteiger partial charge in [0.2, 0.25) is 12.2 Å². The lowest BCUT2D eigenvalue weighted by molar-refractivity contribution is -0.136. The summed E-state index contributed by atoms with van der Waals surface area (Å²) in [5, 5.41) is 12.3. The molecule has 17 heavy (non-hydrogen) atoms. The van der Waals surface area contributed by atoms with Crippen LogP contribution in [0, 0.1) is 0 Å². The fourth-order valence-electron chi connectivity index (χ4n) is 1.32. The molecule has 1 aromatic carbocycles. The van der Waals surface area contributed by atoms with E-state index in [1.165, 1.54) is 6.39 Å². The number of carboxylic acid groups (broad SMARTS) is 1. The van der Waals surface area contributed by atoms with Gasteiger partial charge in [-0.05, 0) is 17.7 Å². The lowest BCUT2D eigenvalue weighted by Gasteiger charge is -2.04. The lowest BCUT2D eigenvalue weighted by Crippen LogP contribution is -2.01. The highest BCUT2D eigenvalue weighted by molar-refractivity contribution is 5.70. The van der Waals surface area contributed by atoms with Gasteiger partial charge in [-0.25, -0.2) is 0 Å². The standard InChI is InChI=1S/C11H10N2O4/c14-11(15)5-8-2-1-3-9(4-8)16-6-10-12-7-17-13-10/h1-4,7H,5-6H2,(H,14,15). The van der Waals surface area contributed by atoms with Crippen molar-refractivity contribution in [2.24, 2.45) is 0 Å². The van der Waals surface area contributed by atoms with Crippen molar-refractivity contribution in [1.82, 2.24) is 10.1 Å². The van der Waals surface area contributed by atoms with Crippen molar-refractivity contribution >= 4 is 5.97 Å². The van der Waals surface area contributed by atoms with E-state index in [0.29, 0.717) is 17.1 Å². The summed E-state index contributed by atoms with van der Waals surface area (Å²) in [4.78, 5) is 14.4. The molecule has 1 aromatic heterocycles. The maximum atomic E-state index is 10.6. The molecule has 1 N–H and O–H groups in total. The zero-order chi connectivity index (χ0) is 12.1. The van der Waals surface area contributed by atoms with E-state index in [0.717, 1.165) is 0 Å². The zero-order valence-electron chi connectivity index (χ0n) is 8.87. The highest BCUT2D eigenvalue weighted by Crippen LogP contribution is 2.14. The minimum atomic E-state index is -0.875. The second kappa shape index (κ2) is 5.11. The molecular weight excluding hydrogens is 224 g/mol. The molecule has 0 amide bonds. The number of ether oxygens (including phenoxy) is 1. The Hall–Kier alpha value is -2.37. The summed E-state index contributed by atoms with van der Waals surface area (Å²) in [7, 11) is 0. The van der Waals surface area contributed by atoms with E-state index in [-0.39, 0.29) is 13.0 Å². The SMILES string of the molecule is O=C(O)Cc1cccc(OCc2ncon2)c1. The Bertz CT molecular complexity index is 496. The minimum absolute atomic E-state index is 0.0284. The van der Waals surface area contributed by atoms with Crippen LogP contribution in [0.25, 0.3) is 0 Å². The molecule has 2 aromatic rings. The molecular formula is C11H10N2O4. The van der Waals surface area contributed by atoms with Crippen LogP contribution >= 0.6 is 0 Å². The first-order valence-electron chi connectivity index (χ1n) is 4.93. The Morgan fingerprint density at radius 3 is 3.06 bits per heavy atom. The van der Waals surface area contributed by atoms with Crippen LogP contribution in [0.15, 0.2) is 35.2 Å². The molecule has 0 fully saturated rings. The number of nitrogens with zero attached hydrogens (tertiary/aromatic N) is 2. The Morgan fingerprint density at radius 2 is 2.35 bits per heavy atom. The summed E-state index contributed by atoms with van der Waals surface area (Å²) in [6.07, 6.45) is 1.19. The average Bonchev–Trinajstić information content (AvgIpc) is 2.79. The van der Waals surface area contributed by atoms with E-state index >= 15 is 0 Å². The van der Waals surface area contributed by atoms with Crippen molar-refractivity contribution in [2.75, 3.05) is 0 Å². The normalized spacial score (nSPS) is 10.1. The van der Waals surface area contributed by atoms with Gasteiger partial charge in [0.15, 0.2) is 6.61 Å². The van der Waals surface area contributed by atoms with Gasteiger partial charge in [-0.3, -0.25) is 4.79 Å². The highest BCUT2D eigenvalue weighted by Gasteiger charge is 2.03. The molecule has 0 radical (unpaired) electrons. The fourth-order valence-corrected chi connectivity index (χ4v) is 1.32. The van der Waals surface area contributed by atoms with Crippen molar-refractivity contribution < 1.29 is 19.2 Å². The quantitative estimate of drug-likeness (QED) is 0.838. The Labute approximate surface area is 96.8 Å². The second-order valence-electron chi connectivity index (χ2n) is 3.35. The van der Waals surface area contributed by atoms with Crippen LogP contribution in [0.4, 0.5) is 0 Å². The number of carboxylic acids is 1. The Kier molecular flexibility index (Phi) is 3.34. The minimum Gasteiger partial charge on any atom is -0.485 e. The van der Waals surface area contributed by atoms with Crippen LogP contribution < -0.4 is 4.74 Å². The third-order valence-electron chi connectivity index (χ3n) is 2.03. The van der Waals surface area contributed by atoms with Crippen LogP contribution in [0.5, 0.6) is 5.75 Å². The molecule has 1 heterocycles. The molecule has 0 atom stereocenters. The second-order valence-corrected chi connectivity index (χ2v) is 3.35. The molecule has 2 rings (SSSR count). The van der Waals surface area contributed by atoms with Gasteiger partial charge in [0.25, 0.3) is 0 Å². The van der Waals surface area contributed by atoms with Crippen LogP contribution in [-0.2, 0) is 17.8 Å². The van der Waals surface area contributed by atoms with Gasteiger partial charge in [-0.15, -0.1) is 0 Å². The van der Waals surface area contributed by atoms with Crippen molar-refractivity contribution in [2.45, 2.75) is 13.0 Å². The van der Waals surface area contributed by atoms with Gasteiger partial charge < -0.3 is 14.4 Å². The van der Waals surface area contributed by atoms with E-state index < -0.39 is 5.97 Å². The molecule has 0 aliphatic heterocycles. The molecule has 0 spiro atoms. The zero-order valence-corrected chi connectivity index (χ0v) is 8.87. The summed E-state index contributed by atoms with van der Waals surface area (Å²) in [5.41, 5.74) is 0.683. The van der Waals surface area contributed by atoms with E-state index in [4.69, 9.17) is 9.84 Å². The van der Waals surface area contributed by atoms with Crippen molar-refractivity contribution in [3.8, 4) is 5.75 Å². The van der Waals surface area contributed by atoms with E-state index in [1.807, 2.05) is 0 Å². The maximum Gasteiger partial charge on any atom is 0.307 e. The fraction of sp³-hybridized carbons (Fsp3) is 0.182. The van der Waals surface area contributed by atoms with Crippen LogP contribution in [-0.4, -0.2) is 21.2 Å². The molecule has 0 saturated heterocycles. The van der Waals surface area contributed by atoms with Crippen molar-refractivity contribution in [3.05, 3.63) is 42.0 Å². The molecule has 0 bridgehead atoms. The number of rotatable bonds is 5. The summed E-state index contributed by atoms with van der Waals surface area (Å²) >= 11 is 0. The van der Waals surface area contributed by atoms with Gasteiger partial charge >= 0.3 is 5.97 Å².